The van der Waals surface area contributed by atoms with E-state index in [1.165, 1.54) is 23.9 Å². The van der Waals surface area contributed by atoms with Crippen LogP contribution in [0.4, 0.5) is 0 Å². The Morgan fingerprint density at radius 2 is 2.12 bits per heavy atom. The molecule has 25 heavy (non-hydrogen) atoms. The van der Waals surface area contributed by atoms with Crippen molar-refractivity contribution in [2.45, 2.75) is 5.60 Å². The molecule has 6 nitrogen and oxygen atoms in total. The van der Waals surface area contributed by atoms with Crippen LogP contribution < -0.4 is 14.8 Å². The summed E-state index contributed by atoms with van der Waals surface area (Å²) < 4.78 is 15.6. The SMILES string of the molecule is O=C(NC[C@](O)(c1ccoc1)c1cccs1)c1ccc2c(c1)OCO2. The first kappa shape index (κ1) is 15.7. The molecule has 4 rings (SSSR count). The number of carbonyl (C=O) groups is 1. The molecule has 1 aliphatic rings. The van der Waals surface area contributed by atoms with E-state index < -0.39 is 5.60 Å². The summed E-state index contributed by atoms with van der Waals surface area (Å²) >= 11 is 1.41. The van der Waals surface area contributed by atoms with Crippen molar-refractivity contribution in [1.29, 1.82) is 0 Å². The Kier molecular flexibility index (Phi) is 3.95. The molecule has 1 aliphatic heterocycles. The number of aliphatic hydroxyl groups is 1. The van der Waals surface area contributed by atoms with Crippen LogP contribution in [0.5, 0.6) is 11.5 Å². The number of thiophene rings is 1. The zero-order chi connectivity index (χ0) is 17.3. The van der Waals surface area contributed by atoms with E-state index in [2.05, 4.69) is 5.32 Å². The fourth-order valence-electron chi connectivity index (χ4n) is 2.69. The van der Waals surface area contributed by atoms with Crippen LogP contribution in [0.1, 0.15) is 20.8 Å². The van der Waals surface area contributed by atoms with Gasteiger partial charge >= 0.3 is 0 Å². The molecule has 2 aromatic heterocycles. The number of benzene rings is 1. The van der Waals surface area contributed by atoms with Gasteiger partial charge in [-0.25, -0.2) is 0 Å². The van der Waals surface area contributed by atoms with Gasteiger partial charge in [-0.2, -0.15) is 0 Å². The molecule has 3 heterocycles. The number of ether oxygens (including phenoxy) is 2. The first-order chi connectivity index (χ1) is 12.2. The quantitative estimate of drug-likeness (QED) is 0.734. The Balaban J connectivity index is 1.55. The molecule has 0 bridgehead atoms. The lowest BCUT2D eigenvalue weighted by Gasteiger charge is -2.26. The fourth-order valence-corrected chi connectivity index (χ4v) is 3.54. The second kappa shape index (κ2) is 6.27. The molecule has 0 unspecified atom stereocenters. The minimum absolute atomic E-state index is 0.0142. The number of furan rings is 1. The molecule has 0 fully saturated rings. The van der Waals surface area contributed by atoms with Gasteiger partial charge in [0, 0.05) is 16.0 Å². The second-order valence-electron chi connectivity index (χ2n) is 5.60. The first-order valence-electron chi connectivity index (χ1n) is 7.64. The van der Waals surface area contributed by atoms with Crippen LogP contribution >= 0.6 is 11.3 Å². The van der Waals surface area contributed by atoms with Crippen LogP contribution in [0.2, 0.25) is 0 Å². The number of fused-ring (bicyclic) bond motifs is 1. The number of nitrogens with one attached hydrogen (secondary N) is 1. The molecule has 0 saturated heterocycles. The minimum Gasteiger partial charge on any atom is -0.472 e. The van der Waals surface area contributed by atoms with E-state index in [9.17, 15) is 9.90 Å². The molecule has 2 N–H and O–H groups in total. The summed E-state index contributed by atoms with van der Waals surface area (Å²) in [5.41, 5.74) is -0.335. The monoisotopic (exact) mass is 357 g/mol. The molecule has 1 amide bonds. The zero-order valence-corrected chi connectivity index (χ0v) is 13.9. The van der Waals surface area contributed by atoms with E-state index in [0.717, 1.165) is 4.88 Å². The van der Waals surface area contributed by atoms with Gasteiger partial charge in [-0.3, -0.25) is 4.79 Å². The van der Waals surface area contributed by atoms with E-state index in [4.69, 9.17) is 13.9 Å². The zero-order valence-electron chi connectivity index (χ0n) is 13.1. The highest BCUT2D eigenvalue weighted by Gasteiger charge is 2.34. The Labute approximate surface area is 147 Å². The van der Waals surface area contributed by atoms with Crippen molar-refractivity contribution in [3.05, 3.63) is 70.3 Å². The third-order valence-corrected chi connectivity index (χ3v) is 5.09. The van der Waals surface area contributed by atoms with Crippen LogP contribution in [0.25, 0.3) is 0 Å². The van der Waals surface area contributed by atoms with Crippen LogP contribution in [0.15, 0.2) is 58.7 Å². The van der Waals surface area contributed by atoms with Crippen LogP contribution in [-0.4, -0.2) is 24.4 Å². The van der Waals surface area contributed by atoms with Crippen molar-refractivity contribution in [2.75, 3.05) is 13.3 Å². The normalized spacial score (nSPS) is 14.9. The summed E-state index contributed by atoms with van der Waals surface area (Å²) in [6, 6.07) is 10.3. The number of carbonyl (C=O) groups excluding carboxylic acids is 1. The molecule has 128 valence electrons. The van der Waals surface area contributed by atoms with Gasteiger partial charge in [-0.1, -0.05) is 6.07 Å². The lowest BCUT2D eigenvalue weighted by molar-refractivity contribution is 0.0714. The first-order valence-corrected chi connectivity index (χ1v) is 8.52. The summed E-state index contributed by atoms with van der Waals surface area (Å²) in [6.07, 6.45) is 2.97. The van der Waals surface area contributed by atoms with E-state index in [-0.39, 0.29) is 19.2 Å². The Morgan fingerprint density at radius 1 is 1.24 bits per heavy atom. The molecule has 0 spiro atoms. The lowest BCUT2D eigenvalue weighted by Crippen LogP contribution is -2.41. The van der Waals surface area contributed by atoms with E-state index in [1.54, 1.807) is 24.3 Å². The highest BCUT2D eigenvalue weighted by molar-refractivity contribution is 7.10. The molecule has 3 aromatic rings. The standard InChI is InChI=1S/C18H15NO5S/c20-17(12-3-4-14-15(8-12)24-11-23-14)19-10-18(21,13-5-6-22-9-13)16-2-1-7-25-16/h1-9,21H,10-11H2,(H,19,20)/t18-/m0/s1. The van der Waals surface area contributed by atoms with E-state index in [1.807, 2.05) is 17.5 Å². The number of hydrogen-bond acceptors (Lipinski definition) is 6. The topological polar surface area (TPSA) is 80.9 Å². The fraction of sp³-hybridized carbons (Fsp3) is 0.167. The van der Waals surface area contributed by atoms with Gasteiger partial charge in [0.1, 0.15) is 5.60 Å². The maximum Gasteiger partial charge on any atom is 0.251 e. The van der Waals surface area contributed by atoms with Gasteiger partial charge < -0.3 is 24.3 Å². The summed E-state index contributed by atoms with van der Waals surface area (Å²) in [5.74, 6) is 0.845. The highest BCUT2D eigenvalue weighted by atomic mass is 32.1. The van der Waals surface area contributed by atoms with Gasteiger partial charge in [0.05, 0.1) is 19.1 Å². The summed E-state index contributed by atoms with van der Waals surface area (Å²) in [5, 5.41) is 15.8. The van der Waals surface area contributed by atoms with Crippen LogP contribution in [-0.2, 0) is 5.60 Å². The molecule has 0 aliphatic carbocycles. The Bertz CT molecular complexity index is 839. The van der Waals surface area contributed by atoms with Gasteiger partial charge in [0.2, 0.25) is 6.79 Å². The maximum atomic E-state index is 12.5. The number of amides is 1. The van der Waals surface area contributed by atoms with Crippen molar-refractivity contribution in [3.8, 4) is 11.5 Å². The van der Waals surface area contributed by atoms with Gasteiger partial charge in [0.15, 0.2) is 11.5 Å². The van der Waals surface area contributed by atoms with Crippen molar-refractivity contribution < 1.29 is 23.8 Å². The third kappa shape index (κ3) is 2.88. The van der Waals surface area contributed by atoms with E-state index in [0.29, 0.717) is 22.6 Å². The summed E-state index contributed by atoms with van der Waals surface area (Å²) in [6.45, 7) is 0.166. The molecule has 1 aromatic carbocycles. The molecule has 1 atom stereocenters. The van der Waals surface area contributed by atoms with Gasteiger partial charge in [0.25, 0.3) is 5.91 Å². The minimum atomic E-state index is -1.35. The van der Waals surface area contributed by atoms with Crippen LogP contribution in [0, 0.1) is 0 Å². The predicted molar refractivity (Wildman–Crippen MR) is 90.9 cm³/mol. The molecule has 0 saturated carbocycles. The van der Waals surface area contributed by atoms with Crippen molar-refractivity contribution in [1.82, 2.24) is 5.32 Å². The average Bonchev–Trinajstić information content (AvgIpc) is 3.40. The second-order valence-corrected chi connectivity index (χ2v) is 6.55. The molecule has 0 radical (unpaired) electrons. The number of rotatable bonds is 5. The van der Waals surface area contributed by atoms with Gasteiger partial charge in [-0.05, 0) is 35.7 Å². The summed E-state index contributed by atoms with van der Waals surface area (Å²) in [4.78, 5) is 13.2. The Hall–Kier alpha value is -2.77. The molecular formula is C18H15NO5S. The smallest absolute Gasteiger partial charge is 0.251 e. The van der Waals surface area contributed by atoms with Gasteiger partial charge in [-0.15, -0.1) is 11.3 Å². The lowest BCUT2D eigenvalue weighted by atomic mass is 9.94. The summed E-state index contributed by atoms with van der Waals surface area (Å²) in [7, 11) is 0. The third-order valence-electron chi connectivity index (χ3n) is 4.07. The highest BCUT2D eigenvalue weighted by Crippen LogP contribution is 2.34. The van der Waals surface area contributed by atoms with Crippen molar-refractivity contribution >= 4 is 17.2 Å². The molecular weight excluding hydrogens is 342 g/mol. The molecule has 7 heteroatoms. The average molecular weight is 357 g/mol. The maximum absolute atomic E-state index is 12.5. The number of hydrogen-bond donors (Lipinski definition) is 2. The van der Waals surface area contributed by atoms with Crippen molar-refractivity contribution in [2.24, 2.45) is 0 Å². The Morgan fingerprint density at radius 3 is 2.88 bits per heavy atom. The largest absolute Gasteiger partial charge is 0.472 e. The van der Waals surface area contributed by atoms with E-state index >= 15 is 0 Å². The van der Waals surface area contributed by atoms with Crippen LogP contribution in [0.3, 0.4) is 0 Å². The predicted octanol–water partition coefficient (Wildman–Crippen LogP) is 2.74. The van der Waals surface area contributed by atoms with Crippen molar-refractivity contribution in [3.63, 3.8) is 0 Å².